The normalized spacial score (nSPS) is 28.3. The Balaban J connectivity index is 2.27. The summed E-state index contributed by atoms with van der Waals surface area (Å²) in [6.45, 7) is 0.174. The summed E-state index contributed by atoms with van der Waals surface area (Å²) < 4.78 is 41.2. The van der Waals surface area contributed by atoms with E-state index in [4.69, 9.17) is 2.74 Å². The van der Waals surface area contributed by atoms with E-state index in [0.717, 1.165) is 18.2 Å². The summed E-state index contributed by atoms with van der Waals surface area (Å²) in [6, 6.07) is 2.81. The van der Waals surface area contributed by atoms with Crippen molar-refractivity contribution < 1.29 is 11.5 Å². The molecule has 0 amide bonds. The monoisotopic (exact) mass is 185 g/mol. The van der Waals surface area contributed by atoms with E-state index in [9.17, 15) is 8.78 Å². The van der Waals surface area contributed by atoms with Crippen molar-refractivity contribution in [3.05, 3.63) is 35.4 Å². The molecular weight excluding hydrogens is 172 g/mol. The fourth-order valence-electron chi connectivity index (χ4n) is 1.49. The smallest absolute Gasteiger partial charge is 0.128 e. The molecule has 1 heterocycles. The van der Waals surface area contributed by atoms with Gasteiger partial charge < -0.3 is 5.32 Å². The van der Waals surface area contributed by atoms with Crippen molar-refractivity contribution in [2.45, 2.75) is 18.8 Å². The lowest BCUT2D eigenvalue weighted by Gasteiger charge is -2.11. The fourth-order valence-corrected chi connectivity index (χ4v) is 1.49. The van der Waals surface area contributed by atoms with Crippen LogP contribution < -0.4 is 5.32 Å². The van der Waals surface area contributed by atoms with Crippen LogP contribution in [0.5, 0.6) is 0 Å². The Labute approximate surface area is 78.6 Å². The Morgan fingerprint density at radius 2 is 2.31 bits per heavy atom. The van der Waals surface area contributed by atoms with E-state index in [2.05, 4.69) is 5.32 Å². The van der Waals surface area contributed by atoms with E-state index < -0.39 is 24.0 Å². The van der Waals surface area contributed by atoms with Crippen molar-refractivity contribution in [1.82, 2.24) is 5.32 Å². The molecule has 1 unspecified atom stereocenters. The highest BCUT2D eigenvalue weighted by Crippen LogP contribution is 2.25. The zero-order chi connectivity index (χ0) is 11.1. The lowest BCUT2D eigenvalue weighted by molar-refractivity contribution is 0.543. The molecule has 1 aromatic carbocycles. The summed E-state index contributed by atoms with van der Waals surface area (Å²) in [5.41, 5.74) is 0.205. The summed E-state index contributed by atoms with van der Waals surface area (Å²) in [4.78, 5) is 0. The van der Waals surface area contributed by atoms with Crippen LogP contribution >= 0.6 is 0 Å². The molecule has 13 heavy (non-hydrogen) atoms. The molecule has 0 spiro atoms. The van der Waals surface area contributed by atoms with Crippen LogP contribution in [0, 0.1) is 11.6 Å². The van der Waals surface area contributed by atoms with Gasteiger partial charge in [0.25, 0.3) is 0 Å². The van der Waals surface area contributed by atoms with E-state index in [1.165, 1.54) is 0 Å². The van der Waals surface area contributed by atoms with Crippen LogP contribution in [-0.4, -0.2) is 6.54 Å². The number of hydrogen-bond acceptors (Lipinski definition) is 1. The lowest BCUT2D eigenvalue weighted by atomic mass is 10.0. The van der Waals surface area contributed by atoms with Crippen molar-refractivity contribution in [2.75, 3.05) is 6.54 Å². The minimum absolute atomic E-state index is 0.174. The molecule has 3 heteroatoms. The van der Waals surface area contributed by atoms with Crippen LogP contribution in [-0.2, 0) is 0 Å². The Hall–Kier alpha value is -0.960. The first-order valence-corrected chi connectivity index (χ1v) is 4.16. The predicted octanol–water partition coefficient (Wildman–Crippen LogP) is 2.39. The first kappa shape index (κ1) is 6.49. The second-order valence-electron chi connectivity index (χ2n) is 3.05. The third kappa shape index (κ3) is 1.70. The highest BCUT2D eigenvalue weighted by atomic mass is 19.1. The Morgan fingerprint density at radius 1 is 1.46 bits per heavy atom. The molecule has 0 saturated carbocycles. The number of benzene rings is 1. The van der Waals surface area contributed by atoms with E-state index in [-0.39, 0.29) is 18.5 Å². The largest absolute Gasteiger partial charge is 0.310 e. The molecular formula is C10H11F2N. The molecule has 1 saturated heterocycles. The third-order valence-electron chi connectivity index (χ3n) is 2.16. The SMILES string of the molecule is [2H]C1([2H])CNC(c2cc(F)ccc2F)C1. The van der Waals surface area contributed by atoms with Crippen LogP contribution in [0.25, 0.3) is 0 Å². The first-order chi connectivity index (χ1) is 6.98. The molecule has 1 atom stereocenters. The van der Waals surface area contributed by atoms with Crippen molar-refractivity contribution in [1.29, 1.82) is 0 Å². The minimum atomic E-state index is -1.34. The Bertz CT molecular complexity index is 382. The second kappa shape index (κ2) is 3.42. The average Bonchev–Trinajstić information content (AvgIpc) is 2.50. The van der Waals surface area contributed by atoms with Crippen LogP contribution in [0.4, 0.5) is 8.78 Å². The minimum Gasteiger partial charge on any atom is -0.310 e. The maximum atomic E-state index is 13.3. The van der Waals surface area contributed by atoms with Crippen molar-refractivity contribution in [2.24, 2.45) is 0 Å². The fraction of sp³-hybridized carbons (Fsp3) is 0.400. The van der Waals surface area contributed by atoms with Gasteiger partial charge in [-0.25, -0.2) is 8.78 Å². The topological polar surface area (TPSA) is 12.0 Å². The van der Waals surface area contributed by atoms with Gasteiger partial charge in [0.15, 0.2) is 0 Å². The maximum absolute atomic E-state index is 13.3. The highest BCUT2D eigenvalue weighted by molar-refractivity contribution is 5.23. The van der Waals surface area contributed by atoms with Crippen LogP contribution in [0.3, 0.4) is 0 Å². The number of halogens is 2. The van der Waals surface area contributed by atoms with E-state index in [1.54, 1.807) is 0 Å². The summed E-state index contributed by atoms with van der Waals surface area (Å²) >= 11 is 0. The van der Waals surface area contributed by atoms with Crippen molar-refractivity contribution >= 4 is 0 Å². The van der Waals surface area contributed by atoms with Gasteiger partial charge in [0.05, 0.1) is 0 Å². The van der Waals surface area contributed by atoms with E-state index in [1.807, 2.05) is 0 Å². The number of hydrogen-bond donors (Lipinski definition) is 1. The van der Waals surface area contributed by atoms with Gasteiger partial charge in [0, 0.05) is 14.3 Å². The molecule has 1 N–H and O–H groups in total. The van der Waals surface area contributed by atoms with Gasteiger partial charge in [-0.15, -0.1) is 0 Å². The number of rotatable bonds is 1. The average molecular weight is 185 g/mol. The second-order valence-corrected chi connectivity index (χ2v) is 3.05. The van der Waals surface area contributed by atoms with Gasteiger partial charge in [0.2, 0.25) is 0 Å². The Kier molecular flexibility index (Phi) is 1.71. The van der Waals surface area contributed by atoms with Gasteiger partial charge in [-0.2, -0.15) is 0 Å². The molecule has 0 radical (unpaired) electrons. The van der Waals surface area contributed by atoms with Gasteiger partial charge in [-0.3, -0.25) is 0 Å². The van der Waals surface area contributed by atoms with Crippen LogP contribution in [0.15, 0.2) is 18.2 Å². The molecule has 0 bridgehead atoms. The van der Waals surface area contributed by atoms with Gasteiger partial charge >= 0.3 is 0 Å². The molecule has 0 aliphatic carbocycles. The molecule has 1 fully saturated rings. The first-order valence-electron chi connectivity index (χ1n) is 5.16. The molecule has 0 aromatic heterocycles. The summed E-state index contributed by atoms with van der Waals surface area (Å²) in [5, 5.41) is 2.85. The molecule has 1 aliphatic heterocycles. The summed E-state index contributed by atoms with van der Waals surface area (Å²) in [5.74, 6) is -0.993. The zero-order valence-electron chi connectivity index (χ0n) is 8.98. The Morgan fingerprint density at radius 3 is 3.00 bits per heavy atom. The number of nitrogens with one attached hydrogen (secondary N) is 1. The molecule has 1 aromatic rings. The van der Waals surface area contributed by atoms with Crippen LogP contribution in [0.2, 0.25) is 0 Å². The van der Waals surface area contributed by atoms with Crippen LogP contribution in [0.1, 0.15) is 27.1 Å². The molecule has 2 rings (SSSR count). The lowest BCUT2D eigenvalue weighted by Crippen LogP contribution is -2.14. The zero-order valence-corrected chi connectivity index (χ0v) is 6.98. The summed E-state index contributed by atoms with van der Waals surface area (Å²) in [7, 11) is 0. The molecule has 1 nitrogen and oxygen atoms in total. The van der Waals surface area contributed by atoms with E-state index >= 15 is 0 Å². The predicted molar refractivity (Wildman–Crippen MR) is 46.3 cm³/mol. The molecule has 70 valence electrons. The van der Waals surface area contributed by atoms with Gasteiger partial charge in [0.1, 0.15) is 11.6 Å². The highest BCUT2D eigenvalue weighted by Gasteiger charge is 2.19. The standard InChI is InChI=1S/C10H11F2N/c11-7-3-4-9(12)8(6-7)10-2-1-5-13-10/h3-4,6,10,13H,1-2,5H2/i1D2. The maximum Gasteiger partial charge on any atom is 0.128 e. The van der Waals surface area contributed by atoms with Gasteiger partial charge in [-0.05, 0) is 37.5 Å². The third-order valence-corrected chi connectivity index (χ3v) is 2.16. The van der Waals surface area contributed by atoms with E-state index in [0.29, 0.717) is 0 Å². The van der Waals surface area contributed by atoms with Gasteiger partial charge in [-0.1, -0.05) is 0 Å². The molecule has 1 aliphatic rings. The quantitative estimate of drug-likeness (QED) is 0.708. The van der Waals surface area contributed by atoms with Crippen molar-refractivity contribution in [3.8, 4) is 0 Å². The van der Waals surface area contributed by atoms with Crippen molar-refractivity contribution in [3.63, 3.8) is 0 Å². The summed E-state index contributed by atoms with van der Waals surface area (Å²) in [6.07, 6.45) is -1.17.